The molecular formula is C19H15BrN2O3S. The summed E-state index contributed by atoms with van der Waals surface area (Å²) >= 11 is 9.01. The number of methoxy groups -OCH3 is 2. The molecule has 26 heavy (non-hydrogen) atoms. The third-order valence-electron chi connectivity index (χ3n) is 4.24. The van der Waals surface area contributed by atoms with E-state index in [0.717, 1.165) is 26.9 Å². The number of benzene rings is 2. The number of fused-ring (bicyclic) bond motifs is 2. The number of rotatable bonds is 3. The van der Waals surface area contributed by atoms with Crippen LogP contribution in [0.4, 0.5) is 0 Å². The van der Waals surface area contributed by atoms with Gasteiger partial charge >= 0.3 is 0 Å². The standard InChI is InChI=1S/C19H15BrN2O3S/c1-23-15-5-3-10(9-16(15)24-2)17-21-18-13(19(26)22-17)8-11-7-12(20)4-6-14(11)25-18/h3-7,9H,8H2,1-2H3,(H,21,22,26). The molecule has 0 bridgehead atoms. The fraction of sp³-hybridized carbons (Fsp3) is 0.158. The number of hydrogen-bond acceptors (Lipinski definition) is 5. The number of nitrogens with one attached hydrogen (secondary N) is 1. The molecule has 0 unspecified atom stereocenters. The minimum absolute atomic E-state index is 0.522. The maximum atomic E-state index is 6.04. The molecule has 4 rings (SSSR count). The van der Waals surface area contributed by atoms with Gasteiger partial charge in [-0.25, -0.2) is 4.98 Å². The minimum Gasteiger partial charge on any atom is -0.493 e. The van der Waals surface area contributed by atoms with Gasteiger partial charge in [0.15, 0.2) is 11.5 Å². The summed E-state index contributed by atoms with van der Waals surface area (Å²) < 4.78 is 18.2. The Morgan fingerprint density at radius 3 is 2.69 bits per heavy atom. The van der Waals surface area contributed by atoms with E-state index in [9.17, 15) is 0 Å². The van der Waals surface area contributed by atoms with E-state index in [4.69, 9.17) is 26.4 Å². The Morgan fingerprint density at radius 2 is 1.92 bits per heavy atom. The van der Waals surface area contributed by atoms with Crippen molar-refractivity contribution in [1.82, 2.24) is 9.97 Å². The van der Waals surface area contributed by atoms with Gasteiger partial charge in [-0.1, -0.05) is 28.1 Å². The largest absolute Gasteiger partial charge is 0.493 e. The number of hydrogen-bond donors (Lipinski definition) is 1. The third-order valence-corrected chi connectivity index (χ3v) is 5.07. The molecule has 0 atom stereocenters. The Bertz CT molecular complexity index is 1070. The average molecular weight is 431 g/mol. The second-order valence-corrected chi connectivity index (χ2v) is 7.10. The van der Waals surface area contributed by atoms with Crippen molar-refractivity contribution in [3.05, 3.63) is 56.6 Å². The fourth-order valence-electron chi connectivity index (χ4n) is 2.93. The lowest BCUT2D eigenvalue weighted by Gasteiger charge is -2.20. The highest BCUT2D eigenvalue weighted by atomic mass is 79.9. The lowest BCUT2D eigenvalue weighted by atomic mass is 10.0. The Hall–Kier alpha value is -2.38. The van der Waals surface area contributed by atoms with Crippen LogP contribution in [-0.2, 0) is 6.42 Å². The molecule has 1 N–H and O–H groups in total. The Balaban J connectivity index is 1.78. The molecule has 1 aliphatic rings. The lowest BCUT2D eigenvalue weighted by molar-refractivity contribution is 0.355. The highest BCUT2D eigenvalue weighted by molar-refractivity contribution is 9.10. The number of aromatic amines is 1. The summed E-state index contributed by atoms with van der Waals surface area (Å²) in [6.45, 7) is 0. The van der Waals surface area contributed by atoms with Gasteiger partial charge in [-0.3, -0.25) is 0 Å². The quantitative estimate of drug-likeness (QED) is 0.447. The Kier molecular flexibility index (Phi) is 4.42. The Morgan fingerprint density at radius 1 is 1.12 bits per heavy atom. The van der Waals surface area contributed by atoms with E-state index < -0.39 is 0 Å². The highest BCUT2D eigenvalue weighted by Gasteiger charge is 2.21. The van der Waals surface area contributed by atoms with Crippen molar-refractivity contribution in [3.63, 3.8) is 0 Å². The second kappa shape index (κ2) is 6.74. The van der Waals surface area contributed by atoms with Gasteiger partial charge < -0.3 is 19.2 Å². The number of H-pyrrole nitrogens is 1. The van der Waals surface area contributed by atoms with Crippen LogP contribution in [0, 0.1) is 4.64 Å². The molecular weight excluding hydrogens is 416 g/mol. The zero-order valence-electron chi connectivity index (χ0n) is 14.1. The van der Waals surface area contributed by atoms with Crippen LogP contribution in [0.15, 0.2) is 40.9 Å². The van der Waals surface area contributed by atoms with E-state index in [-0.39, 0.29) is 0 Å². The van der Waals surface area contributed by atoms with Crippen molar-refractivity contribution in [2.45, 2.75) is 6.42 Å². The van der Waals surface area contributed by atoms with Crippen LogP contribution in [0.3, 0.4) is 0 Å². The van der Waals surface area contributed by atoms with Gasteiger partial charge in [0.2, 0.25) is 5.88 Å². The van der Waals surface area contributed by atoms with Crippen LogP contribution in [0.5, 0.6) is 23.1 Å². The first-order valence-corrected chi connectivity index (χ1v) is 9.11. The molecule has 0 amide bonds. The van der Waals surface area contributed by atoms with E-state index in [2.05, 4.69) is 25.9 Å². The van der Waals surface area contributed by atoms with Crippen LogP contribution < -0.4 is 14.2 Å². The molecule has 1 aliphatic heterocycles. The summed E-state index contributed by atoms with van der Waals surface area (Å²) in [5.74, 6) is 3.35. The predicted octanol–water partition coefficient (Wildman–Crippen LogP) is 5.28. The molecule has 1 aromatic heterocycles. The lowest BCUT2D eigenvalue weighted by Crippen LogP contribution is -2.08. The van der Waals surface area contributed by atoms with Crippen LogP contribution >= 0.6 is 28.1 Å². The first-order valence-electron chi connectivity index (χ1n) is 7.91. The SMILES string of the molecule is COc1ccc(-c2nc(=S)c3c([nH]2)Oc2ccc(Br)cc2C3)cc1OC. The van der Waals surface area contributed by atoms with Crippen molar-refractivity contribution in [2.24, 2.45) is 0 Å². The molecule has 132 valence electrons. The van der Waals surface area contributed by atoms with Crippen molar-refractivity contribution >= 4 is 28.1 Å². The molecule has 2 heterocycles. The van der Waals surface area contributed by atoms with Gasteiger partial charge in [-0.05, 0) is 36.4 Å². The van der Waals surface area contributed by atoms with E-state index in [0.29, 0.717) is 34.3 Å². The molecule has 5 nitrogen and oxygen atoms in total. The number of ether oxygens (including phenoxy) is 3. The zero-order valence-corrected chi connectivity index (χ0v) is 16.5. The molecule has 0 spiro atoms. The van der Waals surface area contributed by atoms with Crippen LogP contribution in [0.1, 0.15) is 11.1 Å². The molecule has 7 heteroatoms. The normalized spacial score (nSPS) is 12.0. The summed E-state index contributed by atoms with van der Waals surface area (Å²) in [7, 11) is 3.20. The van der Waals surface area contributed by atoms with Crippen molar-refractivity contribution < 1.29 is 14.2 Å². The second-order valence-electron chi connectivity index (χ2n) is 5.80. The fourth-order valence-corrected chi connectivity index (χ4v) is 3.59. The smallest absolute Gasteiger partial charge is 0.205 e. The topological polar surface area (TPSA) is 56.4 Å². The monoisotopic (exact) mass is 430 g/mol. The van der Waals surface area contributed by atoms with Crippen molar-refractivity contribution in [3.8, 4) is 34.5 Å². The van der Waals surface area contributed by atoms with Gasteiger partial charge in [-0.2, -0.15) is 0 Å². The molecule has 2 aromatic carbocycles. The van der Waals surface area contributed by atoms with Crippen LogP contribution in [0.25, 0.3) is 11.4 Å². The molecule has 0 radical (unpaired) electrons. The van der Waals surface area contributed by atoms with Gasteiger partial charge in [0, 0.05) is 22.0 Å². The van der Waals surface area contributed by atoms with Gasteiger partial charge in [0.05, 0.1) is 19.8 Å². The average Bonchev–Trinajstić information content (AvgIpc) is 2.66. The third kappa shape index (κ3) is 2.97. The van der Waals surface area contributed by atoms with Crippen molar-refractivity contribution in [2.75, 3.05) is 14.2 Å². The molecule has 0 aliphatic carbocycles. The highest BCUT2D eigenvalue weighted by Crippen LogP contribution is 2.38. The van der Waals surface area contributed by atoms with Crippen LogP contribution in [0.2, 0.25) is 0 Å². The summed E-state index contributed by atoms with van der Waals surface area (Å²) in [6.07, 6.45) is 0.679. The van der Waals surface area contributed by atoms with Crippen molar-refractivity contribution in [1.29, 1.82) is 0 Å². The van der Waals surface area contributed by atoms with Gasteiger partial charge in [-0.15, -0.1) is 0 Å². The predicted molar refractivity (Wildman–Crippen MR) is 105 cm³/mol. The molecule has 0 saturated carbocycles. The number of nitrogens with zero attached hydrogens (tertiary/aromatic N) is 1. The van der Waals surface area contributed by atoms with Gasteiger partial charge in [0.25, 0.3) is 0 Å². The maximum absolute atomic E-state index is 6.04. The van der Waals surface area contributed by atoms with E-state index in [1.54, 1.807) is 14.2 Å². The van der Waals surface area contributed by atoms with Crippen LogP contribution in [-0.4, -0.2) is 24.2 Å². The Labute approximate surface area is 164 Å². The summed E-state index contributed by atoms with van der Waals surface area (Å²) in [5, 5.41) is 0. The maximum Gasteiger partial charge on any atom is 0.205 e. The first kappa shape index (κ1) is 17.1. The van der Waals surface area contributed by atoms with E-state index in [1.165, 1.54) is 0 Å². The summed E-state index contributed by atoms with van der Waals surface area (Å²) in [4.78, 5) is 7.81. The molecule has 3 aromatic rings. The molecule has 0 saturated heterocycles. The summed E-state index contributed by atoms with van der Waals surface area (Å²) in [6, 6.07) is 11.5. The van der Waals surface area contributed by atoms with Gasteiger partial charge in [0.1, 0.15) is 16.2 Å². The number of aromatic nitrogens is 2. The minimum atomic E-state index is 0.522. The van der Waals surface area contributed by atoms with E-state index >= 15 is 0 Å². The summed E-state index contributed by atoms with van der Waals surface area (Å²) in [5.41, 5.74) is 2.80. The zero-order chi connectivity index (χ0) is 18.3. The molecule has 0 fully saturated rings. The first-order chi connectivity index (χ1) is 12.6. The van der Waals surface area contributed by atoms with E-state index in [1.807, 2.05) is 36.4 Å². The number of halogens is 1.